The Labute approximate surface area is 353 Å². The fourth-order valence-corrected chi connectivity index (χ4v) is 13.8. The summed E-state index contributed by atoms with van der Waals surface area (Å²) in [4.78, 5) is 50.7. The van der Waals surface area contributed by atoms with Crippen LogP contribution in [-0.2, 0) is 19.1 Å². The fourth-order valence-electron chi connectivity index (χ4n) is 13.8. The summed E-state index contributed by atoms with van der Waals surface area (Å²) in [6.07, 6.45) is 8.33. The van der Waals surface area contributed by atoms with Gasteiger partial charge in [-0.25, -0.2) is 0 Å². The molecule has 0 amide bonds. The maximum Gasteiger partial charge on any atom is 0.309 e. The van der Waals surface area contributed by atoms with Crippen LogP contribution in [-0.4, -0.2) is 69.5 Å². The van der Waals surface area contributed by atoms with E-state index >= 15 is 0 Å². The number of pyridine rings is 1. The lowest BCUT2D eigenvalue weighted by Gasteiger charge is -2.72. The number of hydrogen-bond acceptors (Lipinski definition) is 8. The monoisotopic (exact) mass is 811 g/mol. The Kier molecular flexibility index (Phi) is 11.8. The number of allylic oxidation sites excluding steroid dienone is 1. The molecule has 2 N–H and O–H groups in total. The predicted octanol–water partition coefficient (Wildman–Crippen LogP) is 9.42. The minimum absolute atomic E-state index is 0.00502. The van der Waals surface area contributed by atoms with Crippen molar-refractivity contribution in [1.29, 1.82) is 5.26 Å². The maximum atomic E-state index is 14.4. The van der Waals surface area contributed by atoms with Gasteiger partial charge >= 0.3 is 11.9 Å². The molecule has 10 nitrogen and oxygen atoms in total. The van der Waals surface area contributed by atoms with Gasteiger partial charge in [0.05, 0.1) is 28.8 Å². The molecule has 1 heterocycles. The Balaban J connectivity index is 1.33. The molecule has 322 valence electrons. The Bertz CT molecular complexity index is 1970. The first kappa shape index (κ1) is 44.7. The second kappa shape index (κ2) is 15.6. The number of carboxylic acids is 1. The fraction of sp³-hybridized carbons (Fsp3) is 0.714. The highest BCUT2D eigenvalue weighted by Crippen LogP contribution is 2.77. The number of Topliss-reactive ketones (excluding diaryl/α,β-unsaturated/α-hetero) is 1. The first-order valence-electron chi connectivity index (χ1n) is 22.2. The second-order valence-corrected chi connectivity index (χ2v) is 21.2. The van der Waals surface area contributed by atoms with Crippen molar-refractivity contribution in [3.8, 4) is 6.07 Å². The second-order valence-electron chi connectivity index (χ2n) is 21.2. The van der Waals surface area contributed by atoms with Gasteiger partial charge in [0, 0.05) is 37.0 Å². The lowest BCUT2D eigenvalue weighted by atomic mass is 9.33. The average molecular weight is 811 g/mol. The molecular weight excluding hydrogens is 741 g/mol. The minimum Gasteiger partial charge on any atom is -0.481 e. The summed E-state index contributed by atoms with van der Waals surface area (Å²) in [6, 6.07) is 5.64. The van der Waals surface area contributed by atoms with Crippen LogP contribution in [0.15, 0.2) is 41.0 Å². The number of fused-ring (bicyclic) bond motifs is 7. The molecule has 1 aromatic heterocycles. The van der Waals surface area contributed by atoms with Gasteiger partial charge in [-0.15, -0.1) is 0 Å². The van der Waals surface area contributed by atoms with E-state index in [0.717, 1.165) is 56.9 Å². The normalized spacial score (nSPS) is 34.5. The van der Waals surface area contributed by atoms with Crippen LogP contribution in [0.25, 0.3) is 5.70 Å². The van der Waals surface area contributed by atoms with Crippen molar-refractivity contribution in [2.45, 2.75) is 152 Å². The number of aliphatic carboxylic acids is 1. The SMILES string of the molecule is C=C(c1ccc(C#N)cn1)N(CCC)/C(=N\C)[C@H](O)[C@@]12CC[C@]3(C)[C@H](CC[C@@H]4C5(C)CC[C@H](OC(=O)CC(C)(C)C(=O)O)C(C)(C)[C@@H]5CC[C@]43C)C1=C(C(C)C)C(=O)C2. The first-order valence-corrected chi connectivity index (χ1v) is 22.2. The van der Waals surface area contributed by atoms with E-state index in [2.05, 4.69) is 73.0 Å². The van der Waals surface area contributed by atoms with Gasteiger partial charge in [0.2, 0.25) is 0 Å². The molecule has 6 rings (SSSR count). The van der Waals surface area contributed by atoms with Gasteiger partial charge in [0.15, 0.2) is 5.78 Å². The molecule has 0 bridgehead atoms. The lowest BCUT2D eigenvalue weighted by molar-refractivity contribution is -0.234. The van der Waals surface area contributed by atoms with E-state index in [-0.39, 0.29) is 58.2 Å². The number of aliphatic hydroxyl groups is 1. The number of rotatable bonds is 11. The number of carbonyl (C=O) groups excluding carboxylic acids is 2. The van der Waals surface area contributed by atoms with E-state index < -0.39 is 28.9 Å². The number of ether oxygens (including phenoxy) is 1. The summed E-state index contributed by atoms with van der Waals surface area (Å²) in [5.41, 5.74) is 1.33. The first-order chi connectivity index (χ1) is 27.5. The molecule has 10 heteroatoms. The third-order valence-corrected chi connectivity index (χ3v) is 17.1. The number of aliphatic imine (C=N–C) groups is 1. The molecule has 4 saturated carbocycles. The molecule has 0 spiro atoms. The van der Waals surface area contributed by atoms with Crippen molar-refractivity contribution >= 4 is 29.3 Å². The van der Waals surface area contributed by atoms with Crippen molar-refractivity contribution in [2.24, 2.45) is 61.2 Å². The molecule has 5 aliphatic carbocycles. The van der Waals surface area contributed by atoms with Crippen LogP contribution in [0.1, 0.15) is 151 Å². The molecule has 1 unspecified atom stereocenters. The topological polar surface area (TPSA) is 153 Å². The summed E-state index contributed by atoms with van der Waals surface area (Å²) >= 11 is 0. The summed E-state index contributed by atoms with van der Waals surface area (Å²) in [5, 5.41) is 32.0. The van der Waals surface area contributed by atoms with Gasteiger partial charge in [-0.1, -0.05) is 62.0 Å². The largest absolute Gasteiger partial charge is 0.481 e. The number of esters is 1. The van der Waals surface area contributed by atoms with E-state index in [1.165, 1.54) is 11.8 Å². The molecule has 0 saturated heterocycles. The van der Waals surface area contributed by atoms with E-state index in [1.54, 1.807) is 33.0 Å². The molecule has 5 aliphatic rings. The zero-order valence-corrected chi connectivity index (χ0v) is 37.7. The third-order valence-electron chi connectivity index (χ3n) is 17.1. The molecule has 0 aliphatic heterocycles. The lowest BCUT2D eigenvalue weighted by Crippen LogP contribution is -2.66. The van der Waals surface area contributed by atoms with Crippen molar-refractivity contribution in [3.63, 3.8) is 0 Å². The summed E-state index contributed by atoms with van der Waals surface area (Å²) in [5.74, 6) is 0.0829. The summed E-state index contributed by atoms with van der Waals surface area (Å²) < 4.78 is 6.19. The van der Waals surface area contributed by atoms with Crippen LogP contribution in [0.5, 0.6) is 0 Å². The van der Waals surface area contributed by atoms with Crippen LogP contribution < -0.4 is 0 Å². The molecule has 1 aromatic rings. The van der Waals surface area contributed by atoms with Crippen LogP contribution in [0, 0.1) is 67.5 Å². The highest BCUT2D eigenvalue weighted by Gasteiger charge is 2.71. The van der Waals surface area contributed by atoms with Crippen molar-refractivity contribution in [2.75, 3.05) is 13.6 Å². The van der Waals surface area contributed by atoms with E-state index in [4.69, 9.17) is 9.73 Å². The molecule has 0 aromatic carbocycles. The van der Waals surface area contributed by atoms with Crippen LogP contribution in [0.3, 0.4) is 0 Å². The Morgan fingerprint density at radius 3 is 2.32 bits per heavy atom. The molecule has 59 heavy (non-hydrogen) atoms. The highest BCUT2D eigenvalue weighted by molar-refractivity contribution is 6.03. The van der Waals surface area contributed by atoms with Gasteiger partial charge in [0.1, 0.15) is 24.1 Å². The zero-order valence-electron chi connectivity index (χ0n) is 37.7. The van der Waals surface area contributed by atoms with E-state index in [1.807, 2.05) is 4.90 Å². The zero-order chi connectivity index (χ0) is 43.7. The summed E-state index contributed by atoms with van der Waals surface area (Å²) in [7, 11) is 1.72. The van der Waals surface area contributed by atoms with Crippen LogP contribution >= 0.6 is 0 Å². The molecular formula is C49H70N4O6. The number of hydrogen-bond donors (Lipinski definition) is 2. The van der Waals surface area contributed by atoms with Gasteiger partial charge < -0.3 is 19.8 Å². The molecule has 0 radical (unpaired) electrons. The Morgan fingerprint density at radius 2 is 1.75 bits per heavy atom. The van der Waals surface area contributed by atoms with Gasteiger partial charge in [-0.2, -0.15) is 5.26 Å². The number of amidine groups is 1. The number of nitriles is 1. The molecule has 9 atom stereocenters. The maximum absolute atomic E-state index is 14.4. The number of aliphatic hydroxyl groups excluding tert-OH is 1. The van der Waals surface area contributed by atoms with Crippen molar-refractivity contribution in [3.05, 3.63) is 47.3 Å². The van der Waals surface area contributed by atoms with Crippen molar-refractivity contribution in [1.82, 2.24) is 9.88 Å². The van der Waals surface area contributed by atoms with Crippen LogP contribution in [0.4, 0.5) is 0 Å². The van der Waals surface area contributed by atoms with Crippen molar-refractivity contribution < 1.29 is 29.3 Å². The minimum atomic E-state index is -1.19. The highest BCUT2D eigenvalue weighted by atomic mass is 16.5. The van der Waals surface area contributed by atoms with Gasteiger partial charge in [0.25, 0.3) is 0 Å². The number of aromatic nitrogens is 1. The number of carbonyl (C=O) groups is 3. The van der Waals surface area contributed by atoms with Gasteiger partial charge in [-0.3, -0.25) is 24.4 Å². The quantitative estimate of drug-likeness (QED) is 0.126. The standard InChI is InChI=1S/C49H70N4O6/c1-13-24-53(30(4)33-16-14-31(27-50)28-52-33)42(51-12)41(56)49-23-22-47(10)32(40(49)39(29(2)3)34(54)25-49)15-17-36-46(9)20-19-37(59-38(55)26-44(5,6)43(57)58)45(7,8)35(46)18-21-48(36,47)11/h14,16,28-29,32,35-37,41,56H,4,13,15,17-26H2,1-3,5-12H3,(H,57,58)/b51-42-/t32-,35+,36-,37+,41+,46?,47-,48-,49-/m1/s1. The third kappa shape index (κ3) is 6.90. The van der Waals surface area contributed by atoms with Crippen LogP contribution in [0.2, 0.25) is 0 Å². The van der Waals surface area contributed by atoms with E-state index in [0.29, 0.717) is 47.6 Å². The number of ketones is 1. The Morgan fingerprint density at radius 1 is 1.05 bits per heavy atom. The number of carboxylic acid groups (broad SMARTS) is 1. The van der Waals surface area contributed by atoms with Gasteiger partial charge in [-0.05, 0) is 135 Å². The molecule has 4 fully saturated rings. The predicted molar refractivity (Wildman–Crippen MR) is 230 cm³/mol. The average Bonchev–Trinajstić information content (AvgIpc) is 3.48. The smallest absolute Gasteiger partial charge is 0.309 e. The van der Waals surface area contributed by atoms with E-state index in [9.17, 15) is 29.9 Å². The number of nitrogens with zero attached hydrogens (tertiary/aromatic N) is 4. The summed E-state index contributed by atoms with van der Waals surface area (Å²) in [6.45, 7) is 26.5. The Hall–Kier alpha value is -3.84.